The number of para-hydroxylation sites is 1. The van der Waals surface area contributed by atoms with Crippen LogP contribution in [0.15, 0.2) is 42.5 Å². The number of halogens is 2. The van der Waals surface area contributed by atoms with Crippen molar-refractivity contribution in [3.8, 4) is 11.1 Å². The van der Waals surface area contributed by atoms with Crippen molar-refractivity contribution in [2.75, 3.05) is 5.32 Å². The van der Waals surface area contributed by atoms with Crippen molar-refractivity contribution in [2.45, 2.75) is 0 Å². The van der Waals surface area contributed by atoms with Gasteiger partial charge in [0.1, 0.15) is 11.6 Å². The summed E-state index contributed by atoms with van der Waals surface area (Å²) in [4.78, 5) is 10.6. The molecule has 0 heterocycles. The highest BCUT2D eigenvalue weighted by molar-refractivity contribution is 5.90. The Balaban J connectivity index is 2.60. The van der Waals surface area contributed by atoms with Crippen LogP contribution in [0.1, 0.15) is 0 Å². The van der Waals surface area contributed by atoms with Gasteiger partial charge in [0.15, 0.2) is 0 Å². The molecule has 0 aliphatic heterocycles. The van der Waals surface area contributed by atoms with Crippen molar-refractivity contribution in [3.05, 3.63) is 54.1 Å². The molecule has 1 amide bonds. The molecule has 2 aromatic rings. The third kappa shape index (κ3) is 2.29. The van der Waals surface area contributed by atoms with E-state index in [0.29, 0.717) is 0 Å². The van der Waals surface area contributed by atoms with Gasteiger partial charge in [-0.1, -0.05) is 24.3 Å². The average Bonchev–Trinajstić information content (AvgIpc) is 2.30. The first kappa shape index (κ1) is 12.0. The topological polar surface area (TPSA) is 49.3 Å². The van der Waals surface area contributed by atoms with Gasteiger partial charge in [0.2, 0.25) is 0 Å². The third-order valence-corrected chi connectivity index (χ3v) is 2.40. The Kier molecular flexibility index (Phi) is 3.23. The lowest BCUT2D eigenvalue weighted by Crippen LogP contribution is -2.08. The number of anilines is 1. The van der Waals surface area contributed by atoms with Gasteiger partial charge in [0, 0.05) is 5.56 Å². The molecular weight excluding hydrogens is 240 g/mol. The van der Waals surface area contributed by atoms with E-state index in [2.05, 4.69) is 5.32 Å². The maximum Gasteiger partial charge on any atom is 0.409 e. The van der Waals surface area contributed by atoms with E-state index in [9.17, 15) is 13.6 Å². The summed E-state index contributed by atoms with van der Waals surface area (Å²) < 4.78 is 27.3. The molecule has 0 atom stereocenters. The van der Waals surface area contributed by atoms with E-state index in [1.54, 1.807) is 12.1 Å². The summed E-state index contributed by atoms with van der Waals surface area (Å²) in [5, 5.41) is 10.8. The second-order valence-electron chi connectivity index (χ2n) is 3.57. The first-order chi connectivity index (χ1) is 8.59. The van der Waals surface area contributed by atoms with Crippen LogP contribution in [0.4, 0.5) is 19.3 Å². The molecule has 0 saturated heterocycles. The van der Waals surface area contributed by atoms with E-state index >= 15 is 0 Å². The molecule has 2 N–H and O–H groups in total. The minimum absolute atomic E-state index is 0.133. The monoisotopic (exact) mass is 249 g/mol. The minimum Gasteiger partial charge on any atom is -0.465 e. The zero-order valence-electron chi connectivity index (χ0n) is 9.15. The number of benzene rings is 2. The number of amides is 1. The van der Waals surface area contributed by atoms with Crippen LogP contribution < -0.4 is 5.32 Å². The van der Waals surface area contributed by atoms with Gasteiger partial charge in [-0.05, 0) is 18.2 Å². The SMILES string of the molecule is O=C(O)Nc1ccccc1-c1c(F)cccc1F. The second-order valence-corrected chi connectivity index (χ2v) is 3.57. The molecule has 0 radical (unpaired) electrons. The average molecular weight is 249 g/mol. The number of carbonyl (C=O) groups is 1. The second kappa shape index (κ2) is 4.83. The van der Waals surface area contributed by atoms with Gasteiger partial charge in [-0.15, -0.1) is 0 Å². The van der Waals surface area contributed by atoms with E-state index in [1.807, 2.05) is 0 Å². The highest BCUT2D eigenvalue weighted by Crippen LogP contribution is 2.31. The molecule has 0 fully saturated rings. The van der Waals surface area contributed by atoms with Crippen LogP contribution in [0.5, 0.6) is 0 Å². The van der Waals surface area contributed by atoms with Crippen LogP contribution in [-0.4, -0.2) is 11.2 Å². The summed E-state index contributed by atoms with van der Waals surface area (Å²) >= 11 is 0. The number of nitrogens with one attached hydrogen (secondary N) is 1. The molecule has 0 aliphatic carbocycles. The summed E-state index contributed by atoms with van der Waals surface area (Å²) in [6.45, 7) is 0. The van der Waals surface area contributed by atoms with Gasteiger partial charge in [0.05, 0.1) is 11.3 Å². The Morgan fingerprint density at radius 3 is 2.22 bits per heavy atom. The first-order valence-electron chi connectivity index (χ1n) is 5.13. The molecule has 0 bridgehead atoms. The maximum absolute atomic E-state index is 13.6. The third-order valence-electron chi connectivity index (χ3n) is 2.40. The Bertz CT molecular complexity index is 579. The van der Waals surface area contributed by atoms with Crippen LogP contribution in [0.2, 0.25) is 0 Å². The zero-order valence-corrected chi connectivity index (χ0v) is 9.15. The number of carboxylic acid groups (broad SMARTS) is 1. The predicted octanol–water partition coefficient (Wildman–Crippen LogP) is 3.72. The van der Waals surface area contributed by atoms with Gasteiger partial charge in [-0.2, -0.15) is 0 Å². The van der Waals surface area contributed by atoms with Gasteiger partial charge in [0.25, 0.3) is 0 Å². The molecule has 2 aromatic carbocycles. The fourth-order valence-electron chi connectivity index (χ4n) is 1.68. The number of rotatable bonds is 2. The van der Waals surface area contributed by atoms with Crippen LogP contribution in [-0.2, 0) is 0 Å². The molecule has 5 heteroatoms. The lowest BCUT2D eigenvalue weighted by molar-refractivity contribution is 0.210. The van der Waals surface area contributed by atoms with Crippen molar-refractivity contribution in [1.29, 1.82) is 0 Å². The fourth-order valence-corrected chi connectivity index (χ4v) is 1.68. The van der Waals surface area contributed by atoms with Crippen molar-refractivity contribution in [1.82, 2.24) is 0 Å². The summed E-state index contributed by atoms with van der Waals surface area (Å²) in [5.74, 6) is -1.48. The molecule has 0 saturated carbocycles. The minimum atomic E-state index is -1.29. The molecule has 2 rings (SSSR count). The van der Waals surface area contributed by atoms with Crippen LogP contribution in [0.25, 0.3) is 11.1 Å². The zero-order chi connectivity index (χ0) is 13.1. The van der Waals surface area contributed by atoms with E-state index in [-0.39, 0.29) is 16.8 Å². The quantitative estimate of drug-likeness (QED) is 0.852. The molecule has 0 aromatic heterocycles. The predicted molar refractivity (Wildman–Crippen MR) is 63.4 cm³/mol. The fraction of sp³-hybridized carbons (Fsp3) is 0. The largest absolute Gasteiger partial charge is 0.465 e. The first-order valence-corrected chi connectivity index (χ1v) is 5.13. The highest BCUT2D eigenvalue weighted by Gasteiger charge is 2.15. The van der Waals surface area contributed by atoms with Crippen LogP contribution in [0.3, 0.4) is 0 Å². The Hall–Kier alpha value is -2.43. The molecule has 18 heavy (non-hydrogen) atoms. The summed E-state index contributed by atoms with van der Waals surface area (Å²) in [6.07, 6.45) is -1.29. The lowest BCUT2D eigenvalue weighted by atomic mass is 10.0. The van der Waals surface area contributed by atoms with Gasteiger partial charge >= 0.3 is 6.09 Å². The van der Waals surface area contributed by atoms with Crippen LogP contribution in [0, 0.1) is 11.6 Å². The van der Waals surface area contributed by atoms with E-state index in [4.69, 9.17) is 5.11 Å². The van der Waals surface area contributed by atoms with Crippen molar-refractivity contribution >= 4 is 11.8 Å². The Labute approximate surface area is 102 Å². The van der Waals surface area contributed by atoms with E-state index in [0.717, 1.165) is 12.1 Å². The van der Waals surface area contributed by atoms with Crippen molar-refractivity contribution in [3.63, 3.8) is 0 Å². The van der Waals surface area contributed by atoms with Crippen LogP contribution >= 0.6 is 0 Å². The van der Waals surface area contributed by atoms with Crippen molar-refractivity contribution < 1.29 is 18.7 Å². The standard InChI is InChI=1S/C13H9F2NO2/c14-9-5-3-6-10(15)12(9)8-4-1-2-7-11(8)16-13(17)18/h1-7,16H,(H,17,18). The highest BCUT2D eigenvalue weighted by atomic mass is 19.1. The van der Waals surface area contributed by atoms with Gasteiger partial charge in [-0.25, -0.2) is 13.6 Å². The summed E-state index contributed by atoms with van der Waals surface area (Å²) in [5.41, 5.74) is 0.0475. The van der Waals surface area contributed by atoms with Gasteiger partial charge < -0.3 is 5.11 Å². The summed E-state index contributed by atoms with van der Waals surface area (Å²) in [6, 6.07) is 9.54. The molecule has 3 nitrogen and oxygen atoms in total. The molecule has 0 unspecified atom stereocenters. The van der Waals surface area contributed by atoms with E-state index < -0.39 is 17.7 Å². The molecule has 0 aliphatic rings. The Morgan fingerprint density at radius 2 is 1.61 bits per heavy atom. The summed E-state index contributed by atoms with van der Waals surface area (Å²) in [7, 11) is 0. The smallest absolute Gasteiger partial charge is 0.409 e. The molecule has 0 spiro atoms. The van der Waals surface area contributed by atoms with Gasteiger partial charge in [-0.3, -0.25) is 5.32 Å². The number of hydrogen-bond acceptors (Lipinski definition) is 1. The normalized spacial score (nSPS) is 10.1. The maximum atomic E-state index is 13.6. The van der Waals surface area contributed by atoms with Crippen molar-refractivity contribution in [2.24, 2.45) is 0 Å². The molecule has 92 valence electrons. The number of hydrogen-bond donors (Lipinski definition) is 2. The van der Waals surface area contributed by atoms with E-state index in [1.165, 1.54) is 18.2 Å². The lowest BCUT2D eigenvalue weighted by Gasteiger charge is -2.10. The molecular formula is C13H9F2NO2. The Morgan fingerprint density at radius 1 is 1.00 bits per heavy atom.